The van der Waals surface area contributed by atoms with Crippen molar-refractivity contribution in [3.05, 3.63) is 71.9 Å². The lowest BCUT2D eigenvalue weighted by molar-refractivity contribution is -0.141. The zero-order chi connectivity index (χ0) is 18.8. The van der Waals surface area contributed by atoms with Gasteiger partial charge in [-0.25, -0.2) is 0 Å². The van der Waals surface area contributed by atoms with Crippen molar-refractivity contribution in [1.29, 1.82) is 0 Å². The number of hydrogen-bond acceptors (Lipinski definition) is 2. The van der Waals surface area contributed by atoms with Crippen molar-refractivity contribution in [1.82, 2.24) is 14.8 Å². The van der Waals surface area contributed by atoms with E-state index in [-0.39, 0.29) is 17.9 Å². The second-order valence-corrected chi connectivity index (χ2v) is 7.12. The summed E-state index contributed by atoms with van der Waals surface area (Å²) in [4.78, 5) is 32.2. The quantitative estimate of drug-likeness (QED) is 0.758. The zero-order valence-corrected chi connectivity index (χ0v) is 15.4. The van der Waals surface area contributed by atoms with Gasteiger partial charge >= 0.3 is 0 Å². The molecule has 138 valence electrons. The number of hydrogen-bond donors (Lipinski definition) is 1. The molecule has 1 aromatic heterocycles. The molecule has 1 N–H and O–H groups in total. The van der Waals surface area contributed by atoms with Crippen LogP contribution in [0.4, 0.5) is 0 Å². The van der Waals surface area contributed by atoms with Crippen LogP contribution in [0, 0.1) is 0 Å². The lowest BCUT2D eigenvalue weighted by Crippen LogP contribution is -2.44. The number of carbonyl (C=O) groups is 2. The number of likely N-dealkylation sites (tertiary alicyclic amines) is 1. The standard InChI is InChI=1S/C22H23N3O2/c1-24(14-16-7-3-2-4-8-16)22(27)20-11-12-21(26)25(20)15-17-13-23-19-10-6-5-9-18(17)19/h2-10,13,20,23H,11-12,14-15H2,1H3. The Balaban J connectivity index is 1.51. The fourth-order valence-corrected chi connectivity index (χ4v) is 3.82. The molecule has 1 unspecified atom stereocenters. The van der Waals surface area contributed by atoms with Gasteiger partial charge in [-0.1, -0.05) is 48.5 Å². The maximum atomic E-state index is 13.0. The molecule has 2 aromatic carbocycles. The molecule has 27 heavy (non-hydrogen) atoms. The first kappa shape index (κ1) is 17.3. The Morgan fingerprint density at radius 1 is 1.15 bits per heavy atom. The first-order valence-electron chi connectivity index (χ1n) is 9.27. The molecule has 0 spiro atoms. The largest absolute Gasteiger partial charge is 0.361 e. The topological polar surface area (TPSA) is 56.4 Å². The van der Waals surface area contributed by atoms with Crippen LogP contribution < -0.4 is 0 Å². The van der Waals surface area contributed by atoms with E-state index in [1.165, 1.54) is 0 Å². The van der Waals surface area contributed by atoms with Crippen LogP contribution in [0.5, 0.6) is 0 Å². The van der Waals surface area contributed by atoms with Gasteiger partial charge in [-0.3, -0.25) is 9.59 Å². The van der Waals surface area contributed by atoms with E-state index >= 15 is 0 Å². The Hall–Kier alpha value is -3.08. The fourth-order valence-electron chi connectivity index (χ4n) is 3.82. The number of likely N-dealkylation sites (N-methyl/N-ethyl adjacent to an activating group) is 1. The molecule has 4 rings (SSSR count). The minimum Gasteiger partial charge on any atom is -0.361 e. The fraction of sp³-hybridized carbons (Fsp3) is 0.273. The molecule has 0 bridgehead atoms. The Labute approximate surface area is 158 Å². The number of aromatic nitrogens is 1. The third-order valence-corrected chi connectivity index (χ3v) is 5.27. The van der Waals surface area contributed by atoms with E-state index < -0.39 is 0 Å². The van der Waals surface area contributed by atoms with Crippen LogP contribution in [0.25, 0.3) is 10.9 Å². The maximum absolute atomic E-state index is 13.0. The van der Waals surface area contributed by atoms with Gasteiger partial charge in [0.2, 0.25) is 11.8 Å². The average Bonchev–Trinajstić information content (AvgIpc) is 3.26. The van der Waals surface area contributed by atoms with Gasteiger partial charge in [0.15, 0.2) is 0 Å². The van der Waals surface area contributed by atoms with Crippen LogP contribution >= 0.6 is 0 Å². The maximum Gasteiger partial charge on any atom is 0.245 e. The highest BCUT2D eigenvalue weighted by Crippen LogP contribution is 2.26. The highest BCUT2D eigenvalue weighted by atomic mass is 16.2. The summed E-state index contributed by atoms with van der Waals surface area (Å²) in [5.41, 5.74) is 3.17. The number of rotatable bonds is 5. The van der Waals surface area contributed by atoms with Crippen LogP contribution in [0.2, 0.25) is 0 Å². The molecule has 0 radical (unpaired) electrons. The van der Waals surface area contributed by atoms with Crippen molar-refractivity contribution in [3.8, 4) is 0 Å². The molecule has 2 amide bonds. The lowest BCUT2D eigenvalue weighted by atomic mass is 10.1. The van der Waals surface area contributed by atoms with E-state index in [0.717, 1.165) is 22.0 Å². The summed E-state index contributed by atoms with van der Waals surface area (Å²) in [7, 11) is 1.81. The smallest absolute Gasteiger partial charge is 0.245 e. The molecule has 1 aliphatic heterocycles. The molecule has 5 nitrogen and oxygen atoms in total. The van der Waals surface area contributed by atoms with E-state index in [1.807, 2.05) is 67.8 Å². The monoisotopic (exact) mass is 361 g/mol. The van der Waals surface area contributed by atoms with Crippen LogP contribution in [-0.2, 0) is 22.7 Å². The molecular formula is C22H23N3O2. The molecular weight excluding hydrogens is 338 g/mol. The van der Waals surface area contributed by atoms with Gasteiger partial charge in [0.1, 0.15) is 6.04 Å². The van der Waals surface area contributed by atoms with E-state index in [4.69, 9.17) is 0 Å². The normalized spacial score (nSPS) is 16.9. The second-order valence-electron chi connectivity index (χ2n) is 7.12. The van der Waals surface area contributed by atoms with Gasteiger partial charge in [-0.05, 0) is 23.6 Å². The summed E-state index contributed by atoms with van der Waals surface area (Å²) >= 11 is 0. The Bertz CT molecular complexity index is 964. The molecule has 2 heterocycles. The van der Waals surface area contributed by atoms with Crippen LogP contribution in [0.1, 0.15) is 24.0 Å². The third kappa shape index (κ3) is 3.45. The Morgan fingerprint density at radius 3 is 2.70 bits per heavy atom. The molecule has 1 fully saturated rings. The molecule has 0 saturated carbocycles. The Morgan fingerprint density at radius 2 is 1.89 bits per heavy atom. The number of nitrogens with one attached hydrogen (secondary N) is 1. The van der Waals surface area contributed by atoms with Gasteiger partial charge in [-0.15, -0.1) is 0 Å². The van der Waals surface area contributed by atoms with Crippen LogP contribution in [0.15, 0.2) is 60.8 Å². The highest BCUT2D eigenvalue weighted by Gasteiger charge is 2.37. The lowest BCUT2D eigenvalue weighted by Gasteiger charge is -2.28. The van der Waals surface area contributed by atoms with E-state index in [0.29, 0.717) is 25.9 Å². The first-order valence-corrected chi connectivity index (χ1v) is 9.27. The first-order chi connectivity index (χ1) is 13.1. The minimum atomic E-state index is -0.389. The number of nitrogens with zero attached hydrogens (tertiary/aromatic N) is 2. The summed E-state index contributed by atoms with van der Waals surface area (Å²) in [5.74, 6) is 0.0521. The van der Waals surface area contributed by atoms with Gasteiger partial charge in [-0.2, -0.15) is 0 Å². The number of carbonyl (C=O) groups excluding carboxylic acids is 2. The SMILES string of the molecule is CN(Cc1ccccc1)C(=O)C1CCC(=O)N1Cc1c[nH]c2ccccc12. The van der Waals surface area contributed by atoms with E-state index in [1.54, 1.807) is 9.80 Å². The average molecular weight is 361 g/mol. The van der Waals surface area contributed by atoms with Crippen molar-refractivity contribution >= 4 is 22.7 Å². The minimum absolute atomic E-state index is 0.00421. The van der Waals surface area contributed by atoms with Crippen molar-refractivity contribution in [2.75, 3.05) is 7.05 Å². The number of aromatic amines is 1. The van der Waals surface area contributed by atoms with Crippen molar-refractivity contribution in [2.24, 2.45) is 0 Å². The summed E-state index contributed by atoms with van der Waals surface area (Å²) in [6.07, 6.45) is 2.95. The van der Waals surface area contributed by atoms with Crippen molar-refractivity contribution < 1.29 is 9.59 Å². The molecule has 1 aliphatic rings. The molecule has 5 heteroatoms. The Kier molecular flexibility index (Phi) is 4.67. The summed E-state index contributed by atoms with van der Waals surface area (Å²) in [5, 5.41) is 1.10. The van der Waals surface area contributed by atoms with Gasteiger partial charge in [0, 0.05) is 43.7 Å². The predicted molar refractivity (Wildman–Crippen MR) is 105 cm³/mol. The summed E-state index contributed by atoms with van der Waals surface area (Å²) in [6, 6.07) is 17.5. The zero-order valence-electron chi connectivity index (χ0n) is 15.4. The van der Waals surface area contributed by atoms with E-state index in [2.05, 4.69) is 4.98 Å². The van der Waals surface area contributed by atoms with Crippen molar-refractivity contribution in [2.45, 2.75) is 32.0 Å². The summed E-state index contributed by atoms with van der Waals surface area (Å²) in [6.45, 7) is 1.00. The van der Waals surface area contributed by atoms with Crippen molar-refractivity contribution in [3.63, 3.8) is 0 Å². The van der Waals surface area contributed by atoms with Crippen LogP contribution in [-0.4, -0.2) is 39.7 Å². The molecule has 0 aliphatic carbocycles. The number of amides is 2. The second kappa shape index (κ2) is 7.27. The molecule has 1 atom stereocenters. The van der Waals surface area contributed by atoms with Gasteiger partial charge < -0.3 is 14.8 Å². The third-order valence-electron chi connectivity index (χ3n) is 5.27. The van der Waals surface area contributed by atoms with Gasteiger partial charge in [0.05, 0.1) is 0 Å². The predicted octanol–water partition coefficient (Wildman–Crippen LogP) is 3.32. The summed E-state index contributed by atoms with van der Waals surface area (Å²) < 4.78 is 0. The molecule has 1 saturated heterocycles. The highest BCUT2D eigenvalue weighted by molar-refractivity contribution is 5.91. The van der Waals surface area contributed by atoms with E-state index in [9.17, 15) is 9.59 Å². The number of para-hydroxylation sites is 1. The van der Waals surface area contributed by atoms with Crippen LogP contribution in [0.3, 0.4) is 0 Å². The van der Waals surface area contributed by atoms with Gasteiger partial charge in [0.25, 0.3) is 0 Å². The number of H-pyrrole nitrogens is 1. The molecule has 3 aromatic rings. The number of benzene rings is 2. The number of fused-ring (bicyclic) bond motifs is 1.